The maximum atomic E-state index is 2.29. The highest BCUT2D eigenvalue weighted by Gasteiger charge is 2.16. The molecule has 1 heterocycles. The molecule has 3 rings (SSSR count). The molecule has 0 nitrogen and oxygen atoms in total. The first-order valence-corrected chi connectivity index (χ1v) is 10.0. The van der Waals surface area contributed by atoms with Gasteiger partial charge in [0.2, 0.25) is 0 Å². The molecule has 0 unspecified atom stereocenters. The van der Waals surface area contributed by atoms with Crippen LogP contribution in [0.1, 0.15) is 49.4 Å². The summed E-state index contributed by atoms with van der Waals surface area (Å²) >= 11 is 1.96. The summed E-state index contributed by atoms with van der Waals surface area (Å²) in [6.07, 6.45) is 11.0. The molecule has 0 N–H and O–H groups in total. The van der Waals surface area contributed by atoms with Crippen molar-refractivity contribution < 1.29 is 0 Å². The Kier molecular flexibility index (Phi) is 5.99. The van der Waals surface area contributed by atoms with Crippen LogP contribution in [0, 0.1) is 0 Å². The summed E-state index contributed by atoms with van der Waals surface area (Å²) in [5.74, 6) is 1.05. The summed E-state index contributed by atoms with van der Waals surface area (Å²) in [4.78, 5) is 1.42. The molecular weight excluding hydrogens is 320 g/mol. The molecule has 0 bridgehead atoms. The third-order valence-corrected chi connectivity index (χ3v) is 5.80. The molecule has 1 aliphatic rings. The molecule has 0 radical (unpaired) electrons. The van der Waals surface area contributed by atoms with Crippen molar-refractivity contribution in [3.8, 4) is 0 Å². The van der Waals surface area contributed by atoms with Crippen LogP contribution in [0.4, 0.5) is 0 Å². The number of hydrogen-bond acceptors (Lipinski definition) is 1. The average Bonchev–Trinajstić information content (AvgIpc) is 2.80. The van der Waals surface area contributed by atoms with E-state index in [0.717, 1.165) is 18.6 Å². The van der Waals surface area contributed by atoms with Gasteiger partial charge >= 0.3 is 0 Å². The quantitative estimate of drug-likeness (QED) is 0.527. The molecule has 0 spiro atoms. The highest BCUT2D eigenvalue weighted by molar-refractivity contribution is 7.98. The van der Waals surface area contributed by atoms with Crippen molar-refractivity contribution in [3.63, 3.8) is 0 Å². The fourth-order valence-electron chi connectivity index (χ4n) is 3.31. The van der Waals surface area contributed by atoms with Crippen molar-refractivity contribution in [2.45, 2.75) is 44.3 Å². The number of fused-ring (bicyclic) bond motifs is 2. The van der Waals surface area contributed by atoms with E-state index in [1.165, 1.54) is 38.3 Å². The lowest BCUT2D eigenvalue weighted by molar-refractivity contribution is 1.12. The highest BCUT2D eigenvalue weighted by Crippen LogP contribution is 2.36. The predicted molar refractivity (Wildman–Crippen MR) is 112 cm³/mol. The fraction of sp³-hybridized carbons (Fsp3) is 0.250. The molecule has 2 aromatic carbocycles. The van der Waals surface area contributed by atoms with Gasteiger partial charge in [-0.25, -0.2) is 0 Å². The van der Waals surface area contributed by atoms with E-state index in [4.69, 9.17) is 0 Å². The van der Waals surface area contributed by atoms with E-state index in [2.05, 4.69) is 87.5 Å². The lowest BCUT2D eigenvalue weighted by atomic mass is 9.93. The zero-order chi connectivity index (χ0) is 17.6. The van der Waals surface area contributed by atoms with Crippen LogP contribution in [0.15, 0.2) is 77.2 Å². The van der Waals surface area contributed by atoms with Gasteiger partial charge in [0.1, 0.15) is 0 Å². The molecule has 25 heavy (non-hydrogen) atoms. The number of rotatable bonds is 4. The Bertz CT molecular complexity index is 837. The van der Waals surface area contributed by atoms with Gasteiger partial charge < -0.3 is 0 Å². The van der Waals surface area contributed by atoms with Crippen molar-refractivity contribution in [1.29, 1.82) is 0 Å². The van der Waals surface area contributed by atoms with Gasteiger partial charge in [-0.15, -0.1) is 11.8 Å². The molecule has 2 aromatic rings. The molecule has 0 aliphatic carbocycles. The lowest BCUT2D eigenvalue weighted by Crippen LogP contribution is -1.96. The second kappa shape index (κ2) is 8.40. The number of benzene rings is 2. The van der Waals surface area contributed by atoms with Crippen LogP contribution in [-0.2, 0) is 12.2 Å². The third kappa shape index (κ3) is 4.35. The van der Waals surface area contributed by atoms with E-state index >= 15 is 0 Å². The monoisotopic (exact) mass is 346 g/mol. The van der Waals surface area contributed by atoms with Crippen molar-refractivity contribution in [3.05, 3.63) is 94.6 Å². The molecule has 0 amide bonds. The van der Waals surface area contributed by atoms with E-state index in [1.54, 1.807) is 0 Å². The molecule has 0 fully saturated rings. The maximum Gasteiger partial charge on any atom is 0.0240 e. The average molecular weight is 347 g/mol. The van der Waals surface area contributed by atoms with Crippen LogP contribution in [0.3, 0.4) is 0 Å². The summed E-state index contributed by atoms with van der Waals surface area (Å²) in [5.41, 5.74) is 8.46. The molecule has 0 saturated heterocycles. The minimum absolute atomic E-state index is 1.04. The van der Waals surface area contributed by atoms with Gasteiger partial charge in [-0.2, -0.15) is 0 Å². The summed E-state index contributed by atoms with van der Waals surface area (Å²) in [6.45, 7) is 6.56. The van der Waals surface area contributed by atoms with Crippen molar-refractivity contribution in [2.24, 2.45) is 0 Å². The summed E-state index contributed by atoms with van der Waals surface area (Å²) in [7, 11) is 0. The second-order valence-electron chi connectivity index (χ2n) is 6.58. The van der Waals surface area contributed by atoms with E-state index in [1.807, 2.05) is 11.8 Å². The topological polar surface area (TPSA) is 0 Å². The number of allylic oxidation sites excluding steroid dienone is 6. The maximum absolute atomic E-state index is 2.29. The smallest absolute Gasteiger partial charge is 0.0240 e. The van der Waals surface area contributed by atoms with Crippen LogP contribution in [0.5, 0.6) is 0 Å². The third-order valence-electron chi connectivity index (χ3n) is 4.65. The number of hydrogen-bond donors (Lipinski definition) is 0. The summed E-state index contributed by atoms with van der Waals surface area (Å²) < 4.78 is 0. The van der Waals surface area contributed by atoms with Gasteiger partial charge in [0.15, 0.2) is 0 Å². The zero-order valence-corrected chi connectivity index (χ0v) is 16.2. The second-order valence-corrected chi connectivity index (χ2v) is 7.60. The van der Waals surface area contributed by atoms with Crippen LogP contribution >= 0.6 is 11.8 Å². The van der Waals surface area contributed by atoms with Crippen LogP contribution < -0.4 is 0 Å². The first-order chi connectivity index (χ1) is 12.2. The Hall–Kier alpha value is -1.99. The van der Waals surface area contributed by atoms with E-state index < -0.39 is 0 Å². The Morgan fingerprint density at radius 1 is 1.04 bits per heavy atom. The van der Waals surface area contributed by atoms with E-state index in [0.29, 0.717) is 0 Å². The minimum atomic E-state index is 1.04. The Labute approximate surface area is 156 Å². The first-order valence-electron chi connectivity index (χ1n) is 9.02. The van der Waals surface area contributed by atoms with Crippen molar-refractivity contribution >= 4 is 17.3 Å². The lowest BCUT2D eigenvalue weighted by Gasteiger charge is -2.12. The first kappa shape index (κ1) is 17.8. The normalized spacial score (nSPS) is 15.0. The molecular formula is C24H26S. The molecule has 0 aromatic heterocycles. The van der Waals surface area contributed by atoms with Gasteiger partial charge in [-0.1, -0.05) is 73.2 Å². The zero-order valence-electron chi connectivity index (χ0n) is 15.4. The predicted octanol–water partition coefficient (Wildman–Crippen LogP) is 7.20. The molecule has 128 valence electrons. The van der Waals surface area contributed by atoms with Crippen molar-refractivity contribution in [2.75, 3.05) is 0 Å². The Morgan fingerprint density at radius 2 is 1.84 bits per heavy atom. The van der Waals surface area contributed by atoms with Crippen LogP contribution in [0.2, 0.25) is 0 Å². The van der Waals surface area contributed by atoms with Gasteiger partial charge in [0.25, 0.3) is 0 Å². The fourth-order valence-corrected chi connectivity index (χ4v) is 4.45. The summed E-state index contributed by atoms with van der Waals surface area (Å²) in [5, 5.41) is 0. The van der Waals surface area contributed by atoms with Crippen LogP contribution in [-0.4, -0.2) is 0 Å². The van der Waals surface area contributed by atoms with Gasteiger partial charge in [0.05, 0.1) is 0 Å². The van der Waals surface area contributed by atoms with E-state index in [9.17, 15) is 0 Å². The standard InChI is InChI=1S/C24H26S/c1-4-9-18(2)10-7-11-19(3)22-14-8-13-20-16-21-12-5-6-15-24(21)25-17-23(20)22/h5-15H,4,16-17H2,1-3H3/b10-7-,18-9?,19-11+. The van der Waals surface area contributed by atoms with Gasteiger partial charge in [0, 0.05) is 10.6 Å². The molecule has 1 heteroatoms. The molecule has 1 aliphatic heterocycles. The highest BCUT2D eigenvalue weighted by atomic mass is 32.2. The largest absolute Gasteiger partial charge is 0.121 e. The minimum Gasteiger partial charge on any atom is -0.121 e. The van der Waals surface area contributed by atoms with Crippen molar-refractivity contribution in [1.82, 2.24) is 0 Å². The van der Waals surface area contributed by atoms with Crippen LogP contribution in [0.25, 0.3) is 5.57 Å². The summed E-state index contributed by atoms with van der Waals surface area (Å²) in [6, 6.07) is 15.6. The SMILES string of the molecule is CCC=C(C)/C=C\C=C(/C)c1cccc2c1CSc1ccccc1C2. The Morgan fingerprint density at radius 3 is 2.68 bits per heavy atom. The molecule has 0 saturated carbocycles. The molecule has 0 atom stereocenters. The van der Waals surface area contributed by atoms with E-state index in [-0.39, 0.29) is 0 Å². The Balaban J connectivity index is 1.90. The number of thioether (sulfide) groups is 1. The van der Waals surface area contributed by atoms with Gasteiger partial charge in [-0.3, -0.25) is 0 Å². The van der Waals surface area contributed by atoms with Gasteiger partial charge in [-0.05, 0) is 60.6 Å².